The molecule has 1 aromatic heterocycles. The second-order valence-corrected chi connectivity index (χ2v) is 4.03. The van der Waals surface area contributed by atoms with Gasteiger partial charge in [-0.1, -0.05) is 30.1 Å². The molecule has 0 saturated carbocycles. The lowest BCUT2D eigenvalue weighted by molar-refractivity contribution is -0.139. The fraction of sp³-hybridized carbons (Fsp3) is 0.300. The van der Waals surface area contributed by atoms with Crippen molar-refractivity contribution in [3.63, 3.8) is 0 Å². The Labute approximate surface area is 108 Å². The SMILES string of the molecule is CC[C@@H](NC(=O)c1cnc(Cl)c(Cl)c1)C(=O)O. The van der Waals surface area contributed by atoms with E-state index in [2.05, 4.69) is 10.3 Å². The van der Waals surface area contributed by atoms with Crippen LogP contribution in [0.4, 0.5) is 0 Å². The number of pyridine rings is 1. The number of halogens is 2. The molecule has 7 heteroatoms. The van der Waals surface area contributed by atoms with Crippen LogP contribution in [0.15, 0.2) is 12.3 Å². The largest absolute Gasteiger partial charge is 0.480 e. The topological polar surface area (TPSA) is 79.3 Å². The molecule has 0 saturated heterocycles. The van der Waals surface area contributed by atoms with Gasteiger partial charge in [-0.15, -0.1) is 0 Å². The minimum Gasteiger partial charge on any atom is -0.480 e. The first kappa shape index (κ1) is 13.7. The average molecular weight is 277 g/mol. The summed E-state index contributed by atoms with van der Waals surface area (Å²) >= 11 is 11.3. The van der Waals surface area contributed by atoms with Crippen LogP contribution in [0.25, 0.3) is 0 Å². The van der Waals surface area contributed by atoms with Crippen molar-refractivity contribution in [3.8, 4) is 0 Å². The van der Waals surface area contributed by atoms with Gasteiger partial charge in [-0.05, 0) is 12.5 Å². The Hall–Kier alpha value is -1.33. The van der Waals surface area contributed by atoms with Crippen molar-refractivity contribution in [2.75, 3.05) is 0 Å². The zero-order valence-electron chi connectivity index (χ0n) is 8.91. The number of aromatic nitrogens is 1. The Morgan fingerprint density at radius 3 is 2.65 bits per heavy atom. The summed E-state index contributed by atoms with van der Waals surface area (Å²) in [6.07, 6.45) is 1.52. The van der Waals surface area contributed by atoms with E-state index in [0.717, 1.165) is 0 Å². The van der Waals surface area contributed by atoms with Crippen molar-refractivity contribution in [3.05, 3.63) is 28.0 Å². The first-order valence-electron chi connectivity index (χ1n) is 4.80. The molecule has 0 aliphatic heterocycles. The van der Waals surface area contributed by atoms with Crippen molar-refractivity contribution in [2.24, 2.45) is 0 Å². The summed E-state index contributed by atoms with van der Waals surface area (Å²) in [5.74, 6) is -1.64. The third-order valence-corrected chi connectivity index (χ3v) is 2.76. The second-order valence-electron chi connectivity index (χ2n) is 3.27. The van der Waals surface area contributed by atoms with E-state index in [9.17, 15) is 9.59 Å². The third-order valence-electron chi connectivity index (χ3n) is 2.07. The van der Waals surface area contributed by atoms with Crippen LogP contribution in [-0.2, 0) is 4.79 Å². The quantitative estimate of drug-likeness (QED) is 0.825. The molecule has 2 N–H and O–H groups in total. The molecule has 1 aromatic rings. The van der Waals surface area contributed by atoms with Crippen LogP contribution in [0, 0.1) is 0 Å². The fourth-order valence-electron chi connectivity index (χ4n) is 1.13. The summed E-state index contributed by atoms with van der Waals surface area (Å²) in [4.78, 5) is 26.1. The molecule has 1 amide bonds. The highest BCUT2D eigenvalue weighted by atomic mass is 35.5. The first-order chi connectivity index (χ1) is 7.95. The minimum absolute atomic E-state index is 0.0912. The minimum atomic E-state index is -1.09. The number of carbonyl (C=O) groups is 2. The number of carboxylic acids is 1. The van der Waals surface area contributed by atoms with E-state index < -0.39 is 17.9 Å². The van der Waals surface area contributed by atoms with Crippen LogP contribution >= 0.6 is 23.2 Å². The number of hydrogen-bond acceptors (Lipinski definition) is 3. The number of hydrogen-bond donors (Lipinski definition) is 2. The van der Waals surface area contributed by atoms with Gasteiger partial charge in [0.2, 0.25) is 0 Å². The van der Waals surface area contributed by atoms with Crippen molar-refractivity contribution in [1.82, 2.24) is 10.3 Å². The van der Waals surface area contributed by atoms with Gasteiger partial charge in [0.25, 0.3) is 5.91 Å². The third kappa shape index (κ3) is 3.57. The van der Waals surface area contributed by atoms with E-state index in [-0.39, 0.29) is 22.2 Å². The predicted octanol–water partition coefficient (Wildman–Crippen LogP) is 1.98. The average Bonchev–Trinajstić information content (AvgIpc) is 2.28. The Bertz CT molecular complexity index is 451. The number of rotatable bonds is 4. The molecule has 0 bridgehead atoms. The molecule has 0 aromatic carbocycles. The maximum Gasteiger partial charge on any atom is 0.326 e. The number of carbonyl (C=O) groups excluding carboxylic acids is 1. The molecule has 0 aliphatic rings. The molecule has 5 nitrogen and oxygen atoms in total. The van der Waals surface area contributed by atoms with Crippen molar-refractivity contribution in [2.45, 2.75) is 19.4 Å². The summed E-state index contributed by atoms with van der Waals surface area (Å²) < 4.78 is 0. The zero-order chi connectivity index (χ0) is 13.0. The normalized spacial score (nSPS) is 11.9. The molecule has 17 heavy (non-hydrogen) atoms. The standard InChI is InChI=1S/C10H10Cl2N2O3/c1-2-7(10(16)17)14-9(15)5-3-6(11)8(12)13-4-5/h3-4,7H,2H2,1H3,(H,14,15)(H,16,17)/t7-/m1/s1. The molecule has 0 spiro atoms. The van der Waals surface area contributed by atoms with Crippen LogP contribution in [0.1, 0.15) is 23.7 Å². The van der Waals surface area contributed by atoms with Crippen LogP contribution in [0.5, 0.6) is 0 Å². The van der Waals surface area contributed by atoms with Gasteiger partial charge in [-0.25, -0.2) is 9.78 Å². The van der Waals surface area contributed by atoms with Gasteiger partial charge >= 0.3 is 5.97 Å². The van der Waals surface area contributed by atoms with Crippen molar-refractivity contribution in [1.29, 1.82) is 0 Å². The number of carboxylic acid groups (broad SMARTS) is 1. The Balaban J connectivity index is 2.82. The van der Waals surface area contributed by atoms with Crippen LogP contribution in [0.3, 0.4) is 0 Å². The van der Waals surface area contributed by atoms with Crippen LogP contribution < -0.4 is 5.32 Å². The van der Waals surface area contributed by atoms with Gasteiger partial charge in [-0.3, -0.25) is 4.79 Å². The molecule has 92 valence electrons. The first-order valence-corrected chi connectivity index (χ1v) is 5.56. The van der Waals surface area contributed by atoms with E-state index in [1.165, 1.54) is 12.3 Å². The van der Waals surface area contributed by atoms with E-state index in [0.29, 0.717) is 0 Å². The lowest BCUT2D eigenvalue weighted by atomic mass is 10.2. The molecule has 0 radical (unpaired) electrons. The second kappa shape index (κ2) is 5.84. The summed E-state index contributed by atoms with van der Waals surface area (Å²) in [6.45, 7) is 1.66. The summed E-state index contributed by atoms with van der Waals surface area (Å²) in [7, 11) is 0. The predicted molar refractivity (Wildman–Crippen MR) is 63.4 cm³/mol. The summed E-state index contributed by atoms with van der Waals surface area (Å²) in [5, 5.41) is 11.4. The lowest BCUT2D eigenvalue weighted by Crippen LogP contribution is -2.40. The number of aliphatic carboxylic acids is 1. The molecule has 0 aliphatic carbocycles. The van der Waals surface area contributed by atoms with Gasteiger partial charge in [0.05, 0.1) is 10.6 Å². The van der Waals surface area contributed by atoms with Crippen LogP contribution in [-0.4, -0.2) is 28.0 Å². The van der Waals surface area contributed by atoms with Crippen molar-refractivity contribution < 1.29 is 14.7 Å². The number of nitrogens with one attached hydrogen (secondary N) is 1. The maximum atomic E-state index is 11.7. The van der Waals surface area contributed by atoms with Crippen LogP contribution in [0.2, 0.25) is 10.2 Å². The van der Waals surface area contributed by atoms with E-state index in [4.69, 9.17) is 28.3 Å². The van der Waals surface area contributed by atoms with Gasteiger partial charge in [0, 0.05) is 6.20 Å². The van der Waals surface area contributed by atoms with E-state index in [1.807, 2.05) is 0 Å². The molecule has 1 heterocycles. The van der Waals surface area contributed by atoms with E-state index >= 15 is 0 Å². The molecule has 1 atom stereocenters. The van der Waals surface area contributed by atoms with E-state index in [1.54, 1.807) is 6.92 Å². The number of nitrogens with zero attached hydrogens (tertiary/aromatic N) is 1. The molecular formula is C10H10Cl2N2O3. The monoisotopic (exact) mass is 276 g/mol. The molecule has 1 rings (SSSR count). The highest BCUT2D eigenvalue weighted by Crippen LogP contribution is 2.19. The highest BCUT2D eigenvalue weighted by Gasteiger charge is 2.19. The molecule has 0 fully saturated rings. The maximum absolute atomic E-state index is 11.7. The summed E-state index contributed by atoms with van der Waals surface area (Å²) in [6, 6.07) is 0.401. The molecule has 0 unspecified atom stereocenters. The Morgan fingerprint density at radius 2 is 2.18 bits per heavy atom. The van der Waals surface area contributed by atoms with Gasteiger partial charge < -0.3 is 10.4 Å². The zero-order valence-corrected chi connectivity index (χ0v) is 10.4. The van der Waals surface area contributed by atoms with Gasteiger partial charge in [0.15, 0.2) is 0 Å². The Kier molecular flexibility index (Phi) is 4.72. The Morgan fingerprint density at radius 1 is 1.53 bits per heavy atom. The smallest absolute Gasteiger partial charge is 0.326 e. The fourth-order valence-corrected chi connectivity index (χ4v) is 1.40. The number of amides is 1. The van der Waals surface area contributed by atoms with Crippen molar-refractivity contribution >= 4 is 35.1 Å². The van der Waals surface area contributed by atoms with Gasteiger partial charge in [-0.2, -0.15) is 0 Å². The van der Waals surface area contributed by atoms with Gasteiger partial charge in [0.1, 0.15) is 11.2 Å². The summed E-state index contributed by atoms with van der Waals surface area (Å²) in [5.41, 5.74) is 0.166. The molecular weight excluding hydrogens is 267 g/mol. The highest BCUT2D eigenvalue weighted by molar-refractivity contribution is 6.41. The lowest BCUT2D eigenvalue weighted by Gasteiger charge is -2.12.